The molecule has 1 saturated carbocycles. The summed E-state index contributed by atoms with van der Waals surface area (Å²) in [6.45, 7) is 2.76. The fraction of sp³-hybridized carbons (Fsp3) is 0.696. The lowest BCUT2D eigenvalue weighted by molar-refractivity contribution is 0.0799. The maximum absolute atomic E-state index is 12.8. The first kappa shape index (κ1) is 21.9. The molecule has 1 aliphatic heterocycles. The highest BCUT2D eigenvalue weighted by Gasteiger charge is 2.34. The van der Waals surface area contributed by atoms with Gasteiger partial charge in [0, 0.05) is 30.7 Å². The summed E-state index contributed by atoms with van der Waals surface area (Å²) in [5, 5.41) is 3.17. The van der Waals surface area contributed by atoms with Crippen molar-refractivity contribution in [2.75, 3.05) is 47.9 Å². The van der Waals surface area contributed by atoms with Gasteiger partial charge in [0.1, 0.15) is 6.10 Å². The van der Waals surface area contributed by atoms with Crippen LogP contribution in [0.4, 0.5) is 0 Å². The first-order valence-electron chi connectivity index (χ1n) is 10.9. The molecular weight excluding hydrogens is 366 g/mol. The van der Waals surface area contributed by atoms with Gasteiger partial charge in [0.05, 0.1) is 7.11 Å². The number of hydrogen-bond acceptors (Lipinski definition) is 5. The maximum Gasteiger partial charge on any atom is 0.251 e. The van der Waals surface area contributed by atoms with Crippen LogP contribution in [0.15, 0.2) is 18.2 Å². The predicted octanol–water partition coefficient (Wildman–Crippen LogP) is 3.16. The maximum atomic E-state index is 12.8. The average molecular weight is 404 g/mol. The van der Waals surface area contributed by atoms with Crippen LogP contribution in [0.3, 0.4) is 0 Å². The Morgan fingerprint density at radius 2 is 1.86 bits per heavy atom. The van der Waals surface area contributed by atoms with E-state index in [9.17, 15) is 4.79 Å². The number of methoxy groups -OCH3 is 1. The SMILES string of the molecule is COc1cc(C(=O)NCC2(N(C)C)CCCCC2)ccc1OC1CCN(C)CC1. The van der Waals surface area contributed by atoms with Crippen LogP contribution in [-0.2, 0) is 0 Å². The highest BCUT2D eigenvalue weighted by atomic mass is 16.5. The van der Waals surface area contributed by atoms with Crippen LogP contribution in [-0.4, -0.2) is 75.2 Å². The number of likely N-dealkylation sites (tertiary alicyclic amines) is 1. The Bertz CT molecular complexity index is 678. The van der Waals surface area contributed by atoms with Gasteiger partial charge >= 0.3 is 0 Å². The number of nitrogens with one attached hydrogen (secondary N) is 1. The second-order valence-corrected chi connectivity index (χ2v) is 8.85. The molecule has 0 aromatic heterocycles. The highest BCUT2D eigenvalue weighted by molar-refractivity contribution is 5.95. The Hall–Kier alpha value is -1.79. The summed E-state index contributed by atoms with van der Waals surface area (Å²) in [6.07, 6.45) is 8.23. The van der Waals surface area contributed by atoms with Gasteiger partial charge in [-0.05, 0) is 65.0 Å². The van der Waals surface area contributed by atoms with E-state index >= 15 is 0 Å². The molecule has 1 heterocycles. The number of rotatable bonds is 7. The molecule has 0 bridgehead atoms. The molecule has 1 N–H and O–H groups in total. The van der Waals surface area contributed by atoms with Gasteiger partial charge in [0.25, 0.3) is 5.91 Å². The number of benzene rings is 1. The molecule has 1 aliphatic carbocycles. The number of nitrogens with zero attached hydrogens (tertiary/aromatic N) is 2. The van der Waals surface area contributed by atoms with Crippen molar-refractivity contribution in [2.45, 2.75) is 56.6 Å². The highest BCUT2D eigenvalue weighted by Crippen LogP contribution is 2.33. The molecule has 1 amide bonds. The number of likely N-dealkylation sites (N-methyl/N-ethyl adjacent to an activating group) is 1. The molecule has 0 radical (unpaired) electrons. The lowest BCUT2D eigenvalue weighted by Crippen LogP contribution is -2.53. The van der Waals surface area contributed by atoms with Crippen LogP contribution < -0.4 is 14.8 Å². The minimum Gasteiger partial charge on any atom is -0.493 e. The minimum absolute atomic E-state index is 0.0547. The second-order valence-electron chi connectivity index (χ2n) is 8.85. The Balaban J connectivity index is 1.63. The minimum atomic E-state index is -0.0547. The van der Waals surface area contributed by atoms with E-state index in [1.165, 1.54) is 19.3 Å². The normalized spacial score (nSPS) is 20.4. The number of piperidine rings is 1. The van der Waals surface area contributed by atoms with Gasteiger partial charge in [-0.1, -0.05) is 19.3 Å². The van der Waals surface area contributed by atoms with E-state index in [4.69, 9.17) is 9.47 Å². The third-order valence-electron chi connectivity index (χ3n) is 6.70. The Labute approximate surface area is 175 Å². The zero-order valence-corrected chi connectivity index (χ0v) is 18.5. The Morgan fingerprint density at radius 3 is 2.48 bits per heavy atom. The third kappa shape index (κ3) is 5.43. The van der Waals surface area contributed by atoms with Crippen molar-refractivity contribution in [2.24, 2.45) is 0 Å². The molecule has 6 heteroatoms. The summed E-state index contributed by atoms with van der Waals surface area (Å²) >= 11 is 0. The van der Waals surface area contributed by atoms with Crippen molar-refractivity contribution in [3.05, 3.63) is 23.8 Å². The third-order valence-corrected chi connectivity index (χ3v) is 6.70. The van der Waals surface area contributed by atoms with Crippen LogP contribution >= 0.6 is 0 Å². The summed E-state index contributed by atoms with van der Waals surface area (Å²) in [4.78, 5) is 17.4. The van der Waals surface area contributed by atoms with Gasteiger partial charge in [-0.15, -0.1) is 0 Å². The predicted molar refractivity (Wildman–Crippen MR) is 116 cm³/mol. The fourth-order valence-corrected chi connectivity index (χ4v) is 4.53. The van der Waals surface area contributed by atoms with E-state index in [0.29, 0.717) is 17.9 Å². The molecule has 162 valence electrons. The standard InChI is InChI=1S/C23H37N3O3/c1-25(2)23(12-6-5-7-13-23)17-24-22(27)18-8-9-20(21(16-18)28-4)29-19-10-14-26(3)15-11-19/h8-9,16,19H,5-7,10-15,17H2,1-4H3,(H,24,27). The molecule has 0 atom stereocenters. The molecule has 29 heavy (non-hydrogen) atoms. The molecule has 1 saturated heterocycles. The summed E-state index contributed by atoms with van der Waals surface area (Å²) in [5.74, 6) is 1.29. The van der Waals surface area contributed by atoms with Crippen LogP contribution in [0, 0.1) is 0 Å². The fourth-order valence-electron chi connectivity index (χ4n) is 4.53. The van der Waals surface area contributed by atoms with Gasteiger partial charge in [-0.25, -0.2) is 0 Å². The smallest absolute Gasteiger partial charge is 0.251 e. The lowest BCUT2D eigenvalue weighted by Gasteiger charge is -2.43. The van der Waals surface area contributed by atoms with E-state index in [0.717, 1.165) is 44.5 Å². The molecule has 0 spiro atoms. The first-order valence-corrected chi connectivity index (χ1v) is 10.9. The van der Waals surface area contributed by atoms with E-state index in [1.807, 2.05) is 12.1 Å². The largest absolute Gasteiger partial charge is 0.493 e. The number of carbonyl (C=O) groups is 1. The van der Waals surface area contributed by atoms with Crippen LogP contribution in [0.25, 0.3) is 0 Å². The van der Waals surface area contributed by atoms with Crippen molar-refractivity contribution >= 4 is 5.91 Å². The second kappa shape index (κ2) is 9.81. The van der Waals surface area contributed by atoms with Gasteiger partial charge in [0.2, 0.25) is 0 Å². The Morgan fingerprint density at radius 1 is 1.17 bits per heavy atom. The van der Waals surface area contributed by atoms with Crippen molar-refractivity contribution in [1.29, 1.82) is 0 Å². The van der Waals surface area contributed by atoms with E-state index in [-0.39, 0.29) is 17.6 Å². The van der Waals surface area contributed by atoms with Gasteiger partial charge in [-0.3, -0.25) is 4.79 Å². The van der Waals surface area contributed by atoms with Crippen LogP contribution in [0.5, 0.6) is 11.5 Å². The van der Waals surface area contributed by atoms with Gasteiger partial charge < -0.3 is 24.6 Å². The van der Waals surface area contributed by atoms with E-state index in [1.54, 1.807) is 13.2 Å². The zero-order valence-electron chi connectivity index (χ0n) is 18.5. The summed E-state index contributed by atoms with van der Waals surface area (Å²) in [6, 6.07) is 5.50. The summed E-state index contributed by atoms with van der Waals surface area (Å²) < 4.78 is 11.7. The number of hydrogen-bond donors (Lipinski definition) is 1. The number of ether oxygens (including phenoxy) is 2. The van der Waals surface area contributed by atoms with Crippen molar-refractivity contribution in [1.82, 2.24) is 15.1 Å². The zero-order chi connectivity index (χ0) is 20.9. The molecule has 2 aliphatic rings. The van der Waals surface area contributed by atoms with Gasteiger partial charge in [-0.2, -0.15) is 0 Å². The van der Waals surface area contributed by atoms with Crippen molar-refractivity contribution < 1.29 is 14.3 Å². The van der Waals surface area contributed by atoms with Crippen LogP contribution in [0.2, 0.25) is 0 Å². The lowest BCUT2D eigenvalue weighted by atomic mass is 9.80. The Kier molecular flexibility index (Phi) is 7.41. The molecule has 1 aromatic rings. The molecule has 2 fully saturated rings. The average Bonchev–Trinajstić information content (AvgIpc) is 2.74. The van der Waals surface area contributed by atoms with E-state index in [2.05, 4.69) is 36.3 Å². The summed E-state index contributed by atoms with van der Waals surface area (Å²) in [5.41, 5.74) is 0.678. The van der Waals surface area contributed by atoms with Gasteiger partial charge in [0.15, 0.2) is 11.5 Å². The molecule has 1 aromatic carbocycles. The monoisotopic (exact) mass is 403 g/mol. The van der Waals surface area contributed by atoms with E-state index < -0.39 is 0 Å². The molecular formula is C23H37N3O3. The summed E-state index contributed by atoms with van der Waals surface area (Å²) in [7, 11) is 8.00. The van der Waals surface area contributed by atoms with Crippen LogP contribution in [0.1, 0.15) is 55.3 Å². The number of carbonyl (C=O) groups excluding carboxylic acids is 1. The number of amides is 1. The molecule has 6 nitrogen and oxygen atoms in total. The van der Waals surface area contributed by atoms with Crippen molar-refractivity contribution in [3.63, 3.8) is 0 Å². The molecule has 0 unspecified atom stereocenters. The molecule has 3 rings (SSSR count). The topological polar surface area (TPSA) is 54.0 Å². The first-order chi connectivity index (χ1) is 13.9. The van der Waals surface area contributed by atoms with Crippen molar-refractivity contribution in [3.8, 4) is 11.5 Å². The quantitative estimate of drug-likeness (QED) is 0.758.